The zero-order valence-electron chi connectivity index (χ0n) is 11.0. The molecule has 2 aliphatic rings. The van der Waals surface area contributed by atoms with E-state index < -0.39 is 32.4 Å². The number of phosphoric ester groups is 1. The van der Waals surface area contributed by atoms with Gasteiger partial charge in [-0.05, 0) is 0 Å². The van der Waals surface area contributed by atoms with Crippen LogP contribution in [0.15, 0.2) is 12.5 Å². The van der Waals surface area contributed by atoms with E-state index in [0.29, 0.717) is 11.2 Å². The highest BCUT2D eigenvalue weighted by Crippen LogP contribution is 2.52. The highest BCUT2D eigenvalue weighted by atomic mass is 31.2. The minimum Gasteiger partial charge on any atom is -0.386 e. The summed E-state index contributed by atoms with van der Waals surface area (Å²) in [4.78, 5) is 21.3. The predicted octanol–water partition coefficient (Wildman–Crippen LogP) is -0.817. The van der Waals surface area contributed by atoms with Gasteiger partial charge in [-0.25, -0.2) is 14.5 Å². The maximum atomic E-state index is 11.5. The van der Waals surface area contributed by atoms with Crippen LogP contribution in [0.2, 0.25) is 0 Å². The van der Waals surface area contributed by atoms with Crippen molar-refractivity contribution in [2.75, 3.05) is 12.3 Å². The van der Waals surface area contributed by atoms with Gasteiger partial charge >= 0.3 is 7.82 Å². The Balaban J connectivity index is 1.71. The van der Waals surface area contributed by atoms with E-state index in [1.807, 2.05) is 0 Å². The second-order valence-corrected chi connectivity index (χ2v) is 6.39. The van der Waals surface area contributed by atoms with Crippen molar-refractivity contribution in [1.82, 2.24) is 19.5 Å². The third-order valence-electron chi connectivity index (χ3n) is 3.57. The molecule has 2 saturated heterocycles. The molecule has 0 saturated carbocycles. The van der Waals surface area contributed by atoms with Crippen LogP contribution in [-0.4, -0.2) is 54.4 Å². The fourth-order valence-electron chi connectivity index (χ4n) is 2.59. The Morgan fingerprint density at radius 2 is 2.27 bits per heavy atom. The number of ether oxygens (including phenoxy) is 1. The second-order valence-electron chi connectivity index (χ2n) is 4.98. The number of aliphatic hydroxyl groups is 1. The molecule has 22 heavy (non-hydrogen) atoms. The van der Waals surface area contributed by atoms with Gasteiger partial charge < -0.3 is 20.5 Å². The van der Waals surface area contributed by atoms with E-state index in [1.54, 1.807) is 0 Å². The van der Waals surface area contributed by atoms with Crippen LogP contribution >= 0.6 is 7.82 Å². The number of nitrogens with zero attached hydrogens (tertiary/aromatic N) is 4. The molecular formula is C10H12N5O6P. The number of hydrogen-bond donors (Lipinski definition) is 3. The number of aliphatic hydroxyl groups excluding tert-OH is 1. The van der Waals surface area contributed by atoms with Crippen LogP contribution in [0.3, 0.4) is 0 Å². The minimum absolute atomic E-state index is 0.0543. The molecule has 2 aliphatic heterocycles. The van der Waals surface area contributed by atoms with Gasteiger partial charge in [-0.1, -0.05) is 0 Å². The Kier molecular flexibility index (Phi) is 2.98. The van der Waals surface area contributed by atoms with E-state index in [1.165, 1.54) is 17.1 Å². The zero-order chi connectivity index (χ0) is 15.5. The molecule has 0 radical (unpaired) electrons. The first-order valence-electron chi connectivity index (χ1n) is 6.39. The molecule has 118 valence electrons. The quantitative estimate of drug-likeness (QED) is 0.565. The summed E-state index contributed by atoms with van der Waals surface area (Å²) in [7, 11) is -4.16. The van der Waals surface area contributed by atoms with Crippen molar-refractivity contribution in [3.05, 3.63) is 12.5 Å². The normalized spacial score (nSPS) is 38.3. The van der Waals surface area contributed by atoms with Crippen LogP contribution in [0, 0.1) is 0 Å². The maximum absolute atomic E-state index is 11.5. The average Bonchev–Trinajstić information content (AvgIpc) is 3.00. The number of anilines is 1. The fraction of sp³-hybridized carbons (Fsp3) is 0.500. The van der Waals surface area contributed by atoms with Gasteiger partial charge in [-0.2, -0.15) is 4.98 Å². The molecular weight excluding hydrogens is 317 g/mol. The van der Waals surface area contributed by atoms with Crippen molar-refractivity contribution in [3.63, 3.8) is 0 Å². The number of phosphoric acid groups is 1. The van der Waals surface area contributed by atoms with E-state index in [2.05, 4.69) is 19.5 Å². The minimum atomic E-state index is -4.16. The lowest BCUT2D eigenvalue weighted by atomic mass is 10.1. The number of nitrogens with two attached hydrogens (primary N) is 1. The number of imidazole rings is 1. The van der Waals surface area contributed by atoms with Gasteiger partial charge in [0.05, 0.1) is 19.1 Å². The average molecular weight is 329 g/mol. The largest absolute Gasteiger partial charge is 0.472 e. The van der Waals surface area contributed by atoms with Crippen LogP contribution in [0.5, 0.6) is 0 Å². The summed E-state index contributed by atoms with van der Waals surface area (Å²) in [6, 6.07) is 0. The summed E-state index contributed by atoms with van der Waals surface area (Å²) in [6.45, 7) is -0.157. The standard InChI is InChI=1S/C10H12N5O6P/c11-10-12-1-4-8(14-10)15(3-13-4)9-6(16)7-5(20-9)2-19-22(17,18)21-7/h1,3,5-7,9,16H,2H2,(H,17,18)(H2,11,12,14)/t5-,6-,7-,9-/m1/s1. The summed E-state index contributed by atoms with van der Waals surface area (Å²) in [6.07, 6.45) is -0.871. The topological polar surface area (TPSA) is 155 Å². The molecule has 5 atom stereocenters. The molecule has 2 aromatic heterocycles. The molecule has 4 heterocycles. The highest BCUT2D eigenvalue weighted by molar-refractivity contribution is 7.47. The molecule has 12 heteroatoms. The van der Waals surface area contributed by atoms with Crippen LogP contribution < -0.4 is 5.73 Å². The number of fused-ring (bicyclic) bond motifs is 2. The molecule has 0 amide bonds. The number of aromatic nitrogens is 4. The Morgan fingerprint density at radius 1 is 1.45 bits per heavy atom. The summed E-state index contributed by atoms with van der Waals surface area (Å²) < 4.78 is 28.2. The third kappa shape index (κ3) is 2.10. The summed E-state index contributed by atoms with van der Waals surface area (Å²) in [5.41, 5.74) is 6.41. The van der Waals surface area contributed by atoms with Crippen LogP contribution in [0.1, 0.15) is 6.23 Å². The molecule has 0 spiro atoms. The van der Waals surface area contributed by atoms with Crippen molar-refractivity contribution < 1.29 is 28.3 Å². The molecule has 2 aromatic rings. The van der Waals surface area contributed by atoms with E-state index in [4.69, 9.17) is 15.0 Å². The van der Waals surface area contributed by atoms with Crippen molar-refractivity contribution in [3.8, 4) is 0 Å². The highest BCUT2D eigenvalue weighted by Gasteiger charge is 2.52. The lowest BCUT2D eigenvalue weighted by Crippen LogP contribution is -2.39. The molecule has 4 rings (SSSR count). The van der Waals surface area contributed by atoms with Crippen LogP contribution in [0.25, 0.3) is 11.2 Å². The van der Waals surface area contributed by atoms with Crippen molar-refractivity contribution in [2.24, 2.45) is 0 Å². The van der Waals surface area contributed by atoms with Gasteiger partial charge in [0.15, 0.2) is 11.9 Å². The summed E-state index contributed by atoms with van der Waals surface area (Å²) in [5, 5.41) is 10.4. The lowest BCUT2D eigenvalue weighted by Gasteiger charge is -2.27. The van der Waals surface area contributed by atoms with E-state index in [-0.39, 0.29) is 12.6 Å². The van der Waals surface area contributed by atoms with Crippen molar-refractivity contribution in [2.45, 2.75) is 24.5 Å². The van der Waals surface area contributed by atoms with E-state index >= 15 is 0 Å². The maximum Gasteiger partial charge on any atom is 0.472 e. The molecule has 4 N–H and O–H groups in total. The molecule has 1 unspecified atom stereocenters. The Hall–Kier alpha value is -1.62. The number of hydrogen-bond acceptors (Lipinski definition) is 9. The monoisotopic (exact) mass is 329 g/mol. The lowest BCUT2D eigenvalue weighted by molar-refractivity contribution is -0.0664. The molecule has 2 fully saturated rings. The first-order chi connectivity index (χ1) is 10.4. The molecule has 0 aromatic carbocycles. The van der Waals surface area contributed by atoms with Crippen LogP contribution in [0.4, 0.5) is 5.95 Å². The van der Waals surface area contributed by atoms with E-state index in [0.717, 1.165) is 0 Å². The van der Waals surface area contributed by atoms with Gasteiger partial charge in [0, 0.05) is 0 Å². The number of rotatable bonds is 1. The molecule has 11 nitrogen and oxygen atoms in total. The smallest absolute Gasteiger partial charge is 0.386 e. The van der Waals surface area contributed by atoms with E-state index in [9.17, 15) is 14.6 Å². The van der Waals surface area contributed by atoms with Gasteiger partial charge in [-0.3, -0.25) is 13.6 Å². The van der Waals surface area contributed by atoms with Crippen molar-refractivity contribution >= 4 is 24.9 Å². The second kappa shape index (κ2) is 4.69. The van der Waals surface area contributed by atoms with Gasteiger partial charge in [0.2, 0.25) is 5.95 Å². The Labute approximate surface area is 123 Å². The fourth-order valence-corrected chi connectivity index (χ4v) is 3.56. The SMILES string of the molecule is Nc1ncc2ncn([C@@H]3O[C@@H]4COP(=O)(O)O[C@H]4[C@H]3O)c2n1. The Bertz CT molecular complexity index is 782. The van der Waals surface area contributed by atoms with Gasteiger partial charge in [0.25, 0.3) is 0 Å². The molecule has 0 aliphatic carbocycles. The van der Waals surface area contributed by atoms with Gasteiger partial charge in [0.1, 0.15) is 23.8 Å². The first kappa shape index (κ1) is 14.0. The third-order valence-corrected chi connectivity index (χ3v) is 4.56. The van der Waals surface area contributed by atoms with Gasteiger partial charge in [-0.15, -0.1) is 0 Å². The van der Waals surface area contributed by atoms with Crippen molar-refractivity contribution in [1.29, 1.82) is 0 Å². The summed E-state index contributed by atoms with van der Waals surface area (Å²) >= 11 is 0. The first-order valence-corrected chi connectivity index (χ1v) is 7.88. The number of nitrogen functional groups attached to an aromatic ring is 1. The van der Waals surface area contributed by atoms with Crippen LogP contribution in [-0.2, 0) is 18.3 Å². The predicted molar refractivity (Wildman–Crippen MR) is 70.3 cm³/mol. The zero-order valence-corrected chi connectivity index (χ0v) is 11.9. The Morgan fingerprint density at radius 3 is 3.09 bits per heavy atom. The summed E-state index contributed by atoms with van der Waals surface area (Å²) in [5.74, 6) is 0.0543. The molecule has 0 bridgehead atoms.